The van der Waals surface area contributed by atoms with E-state index in [1.54, 1.807) is 0 Å². The van der Waals surface area contributed by atoms with Crippen LogP contribution in [0.25, 0.3) is 0 Å². The molecule has 0 aliphatic carbocycles. The molecule has 28 heavy (non-hydrogen) atoms. The molecule has 0 bridgehead atoms. The summed E-state index contributed by atoms with van der Waals surface area (Å²) in [5.41, 5.74) is 0.131. The first-order valence-electron chi connectivity index (χ1n) is 8.63. The average molecular weight is 405 g/mol. The van der Waals surface area contributed by atoms with Gasteiger partial charge >= 0.3 is 11.7 Å². The van der Waals surface area contributed by atoms with Crippen LogP contribution in [0.1, 0.15) is 23.3 Å². The van der Waals surface area contributed by atoms with E-state index in [0.717, 1.165) is 19.0 Å². The third kappa shape index (κ3) is 4.46. The molecule has 10 heteroatoms. The maximum Gasteiger partial charge on any atom is 0.405 e. The van der Waals surface area contributed by atoms with E-state index in [-0.39, 0.29) is 10.6 Å². The fraction of sp³-hybridized carbons (Fsp3) is 0.278. The summed E-state index contributed by atoms with van der Waals surface area (Å²) in [5.74, 6) is -1.53. The van der Waals surface area contributed by atoms with Gasteiger partial charge in [-0.25, -0.2) is 13.2 Å². The molecule has 0 saturated carbocycles. The molecule has 1 amide bonds. The lowest BCUT2D eigenvalue weighted by atomic mass is 10.3. The van der Waals surface area contributed by atoms with Crippen LogP contribution in [0.2, 0.25) is 0 Å². The van der Waals surface area contributed by atoms with Gasteiger partial charge in [-0.15, -0.1) is 0 Å². The van der Waals surface area contributed by atoms with Gasteiger partial charge in [0.15, 0.2) is 12.8 Å². The van der Waals surface area contributed by atoms with Crippen LogP contribution < -0.4 is 10.0 Å². The number of carbonyl (C=O) groups excluding carboxylic acids is 2. The van der Waals surface area contributed by atoms with Crippen LogP contribution >= 0.6 is 0 Å². The minimum atomic E-state index is -3.52. The second kappa shape index (κ2) is 8.36. The van der Waals surface area contributed by atoms with Gasteiger partial charge in [0.2, 0.25) is 10.0 Å². The monoisotopic (exact) mass is 405 g/mol. The van der Waals surface area contributed by atoms with Crippen molar-refractivity contribution in [3.05, 3.63) is 59.6 Å². The minimum Gasteiger partial charge on any atom is -0.618 e. The van der Waals surface area contributed by atoms with E-state index in [0.29, 0.717) is 23.5 Å². The summed E-state index contributed by atoms with van der Waals surface area (Å²) in [6, 6.07) is 10.0. The second-order valence-corrected chi connectivity index (χ2v) is 8.11. The van der Waals surface area contributed by atoms with Gasteiger partial charge in [0, 0.05) is 30.9 Å². The number of carbonyl (C=O) groups is 2. The Balaban J connectivity index is 1.56. The zero-order chi connectivity index (χ0) is 20.1. The molecule has 0 spiro atoms. The maximum absolute atomic E-state index is 12.5. The molecule has 0 atom stereocenters. The molecule has 0 unspecified atom stereocenters. The second-order valence-electron chi connectivity index (χ2n) is 6.17. The molecular weight excluding hydrogens is 386 g/mol. The smallest absolute Gasteiger partial charge is 0.405 e. The molecule has 3 rings (SSSR count). The number of nitrogens with one attached hydrogen (secondary N) is 1. The Morgan fingerprint density at radius 2 is 1.79 bits per heavy atom. The maximum atomic E-state index is 12.5. The van der Waals surface area contributed by atoms with Gasteiger partial charge in [0.1, 0.15) is 0 Å². The number of ether oxygens (including phenoxy) is 1. The number of sulfonamides is 1. The first-order valence-corrected chi connectivity index (χ1v) is 10.1. The van der Waals surface area contributed by atoms with Crippen LogP contribution in [-0.4, -0.2) is 44.3 Å². The van der Waals surface area contributed by atoms with E-state index in [9.17, 15) is 23.2 Å². The van der Waals surface area contributed by atoms with Gasteiger partial charge in [-0.05, 0) is 43.2 Å². The number of hydrogen-bond donors (Lipinski definition) is 1. The SMILES string of the molecule is O=C(COC(=O)c1cccc[n+]1[O-])Nc1ccc(S(=O)(=O)N2CCCC2)cc1. The lowest BCUT2D eigenvalue weighted by molar-refractivity contribution is -0.608. The van der Waals surface area contributed by atoms with Gasteiger partial charge in [0.25, 0.3) is 5.91 Å². The zero-order valence-electron chi connectivity index (χ0n) is 14.9. The lowest BCUT2D eigenvalue weighted by Crippen LogP contribution is -2.35. The number of aromatic nitrogens is 1. The molecule has 148 valence electrons. The molecule has 1 aliphatic heterocycles. The standard InChI is InChI=1S/C18H19N3O6S/c22-17(13-27-18(23)16-5-1-2-12-21(16)24)19-14-6-8-15(9-7-14)28(25,26)20-10-3-4-11-20/h1-2,5-9,12H,3-4,10-11,13H2,(H,19,22). The van der Waals surface area contributed by atoms with Gasteiger partial charge in [-0.2, -0.15) is 9.04 Å². The summed E-state index contributed by atoms with van der Waals surface area (Å²) < 4.78 is 31.5. The van der Waals surface area contributed by atoms with E-state index in [2.05, 4.69) is 5.32 Å². The van der Waals surface area contributed by atoms with E-state index in [1.807, 2.05) is 0 Å². The fourth-order valence-electron chi connectivity index (χ4n) is 2.78. The number of anilines is 1. The van der Waals surface area contributed by atoms with Crippen molar-refractivity contribution in [1.29, 1.82) is 0 Å². The number of pyridine rings is 1. The fourth-order valence-corrected chi connectivity index (χ4v) is 4.29. The van der Waals surface area contributed by atoms with Gasteiger partial charge in [0.05, 0.1) is 4.90 Å². The topological polar surface area (TPSA) is 120 Å². The Kier molecular flexibility index (Phi) is 5.90. The Hall–Kier alpha value is -2.98. The van der Waals surface area contributed by atoms with E-state index in [4.69, 9.17) is 4.74 Å². The molecule has 1 aliphatic rings. The Bertz CT molecular complexity index is 969. The summed E-state index contributed by atoms with van der Waals surface area (Å²) in [6.45, 7) is 0.440. The Labute approximate surface area is 162 Å². The minimum absolute atomic E-state index is 0.155. The number of benzene rings is 1. The van der Waals surface area contributed by atoms with Crippen molar-refractivity contribution in [1.82, 2.24) is 4.31 Å². The molecule has 9 nitrogen and oxygen atoms in total. The van der Waals surface area contributed by atoms with Crippen LogP contribution in [0, 0.1) is 5.21 Å². The zero-order valence-corrected chi connectivity index (χ0v) is 15.7. The van der Waals surface area contributed by atoms with Crippen molar-refractivity contribution in [3.8, 4) is 0 Å². The molecule has 1 saturated heterocycles. The Morgan fingerprint density at radius 3 is 2.43 bits per heavy atom. The third-order valence-electron chi connectivity index (χ3n) is 4.21. The van der Waals surface area contributed by atoms with Crippen LogP contribution in [0.4, 0.5) is 5.69 Å². The molecule has 0 radical (unpaired) electrons. The molecular formula is C18H19N3O6S. The summed E-state index contributed by atoms with van der Waals surface area (Å²) in [5, 5.41) is 14.0. The number of nitrogens with zero attached hydrogens (tertiary/aromatic N) is 2. The number of amides is 1. The first kappa shape index (κ1) is 19.8. The third-order valence-corrected chi connectivity index (χ3v) is 6.12. The van der Waals surface area contributed by atoms with Crippen molar-refractivity contribution in [2.75, 3.05) is 25.0 Å². The highest BCUT2D eigenvalue weighted by Crippen LogP contribution is 2.22. The van der Waals surface area contributed by atoms with Crippen molar-refractivity contribution in [2.24, 2.45) is 0 Å². The molecule has 1 fully saturated rings. The molecule has 1 aromatic heterocycles. The molecule has 2 aromatic rings. The van der Waals surface area contributed by atoms with Crippen molar-refractivity contribution < 1.29 is 27.5 Å². The summed E-state index contributed by atoms with van der Waals surface area (Å²) in [4.78, 5) is 23.9. The van der Waals surface area contributed by atoms with E-state index >= 15 is 0 Å². The number of rotatable bonds is 6. The van der Waals surface area contributed by atoms with Gasteiger partial charge in [-0.1, -0.05) is 0 Å². The summed E-state index contributed by atoms with van der Waals surface area (Å²) in [6.07, 6.45) is 2.84. The van der Waals surface area contributed by atoms with Crippen molar-refractivity contribution in [2.45, 2.75) is 17.7 Å². The Morgan fingerprint density at radius 1 is 1.11 bits per heavy atom. The van der Waals surface area contributed by atoms with Gasteiger partial charge in [-0.3, -0.25) is 4.79 Å². The van der Waals surface area contributed by atoms with Crippen molar-refractivity contribution >= 4 is 27.6 Å². The average Bonchev–Trinajstić information content (AvgIpc) is 3.23. The quantitative estimate of drug-likeness (QED) is 0.433. The van der Waals surface area contributed by atoms with E-state index < -0.39 is 28.5 Å². The highest BCUT2D eigenvalue weighted by atomic mass is 32.2. The van der Waals surface area contributed by atoms with Crippen LogP contribution in [0.5, 0.6) is 0 Å². The van der Waals surface area contributed by atoms with Crippen LogP contribution in [0.3, 0.4) is 0 Å². The molecule has 1 N–H and O–H groups in total. The highest BCUT2D eigenvalue weighted by Gasteiger charge is 2.27. The predicted molar refractivity (Wildman–Crippen MR) is 98.7 cm³/mol. The van der Waals surface area contributed by atoms with Crippen molar-refractivity contribution in [3.63, 3.8) is 0 Å². The first-order chi connectivity index (χ1) is 13.4. The summed E-state index contributed by atoms with van der Waals surface area (Å²) in [7, 11) is -3.52. The molecule has 1 aromatic carbocycles. The predicted octanol–water partition coefficient (Wildman–Crippen LogP) is 0.900. The normalized spacial score (nSPS) is 14.6. The van der Waals surface area contributed by atoms with E-state index in [1.165, 1.54) is 46.8 Å². The largest absolute Gasteiger partial charge is 0.618 e. The van der Waals surface area contributed by atoms with Crippen LogP contribution in [0.15, 0.2) is 53.6 Å². The number of hydrogen-bond acceptors (Lipinski definition) is 6. The van der Waals surface area contributed by atoms with Crippen LogP contribution in [-0.2, 0) is 19.6 Å². The van der Waals surface area contributed by atoms with Gasteiger partial charge < -0.3 is 15.3 Å². The number of esters is 1. The summed E-state index contributed by atoms with van der Waals surface area (Å²) >= 11 is 0. The lowest BCUT2D eigenvalue weighted by Gasteiger charge is -2.15. The molecule has 2 heterocycles. The highest BCUT2D eigenvalue weighted by molar-refractivity contribution is 7.89.